The number of nitrogens with one attached hydrogen (secondary N) is 1. The van der Waals surface area contributed by atoms with Crippen LogP contribution in [0.2, 0.25) is 5.15 Å². The summed E-state index contributed by atoms with van der Waals surface area (Å²) in [6.07, 6.45) is 0.517. The molecule has 0 aliphatic rings. The Balaban J connectivity index is 2.55. The number of carbonyl (C=O) groups excluding carboxylic acids is 1. The van der Waals surface area contributed by atoms with Crippen molar-refractivity contribution in [3.05, 3.63) is 40.9 Å². The summed E-state index contributed by atoms with van der Waals surface area (Å²) < 4.78 is 13.3. The molecule has 3 nitrogen and oxygen atoms in total. The molecule has 0 spiro atoms. The first-order chi connectivity index (χ1) is 7.22. The molecule has 1 heterocycles. The van der Waals surface area contributed by atoms with Gasteiger partial charge in [0, 0.05) is 0 Å². The minimum absolute atomic E-state index is 0.0786. The number of aromatic amines is 1. The summed E-state index contributed by atoms with van der Waals surface area (Å²) in [5, 5.41) is 0.114. The number of aromatic nitrogens is 2. The van der Waals surface area contributed by atoms with E-state index in [-0.39, 0.29) is 22.2 Å². The molecule has 0 amide bonds. The zero-order valence-electron chi connectivity index (χ0n) is 7.50. The van der Waals surface area contributed by atoms with Crippen LogP contribution in [0, 0.1) is 5.82 Å². The lowest BCUT2D eigenvalue weighted by Gasteiger charge is -1.96. The molecule has 0 aliphatic carbocycles. The highest BCUT2D eigenvalue weighted by molar-refractivity contribution is 6.31. The summed E-state index contributed by atoms with van der Waals surface area (Å²) in [6.45, 7) is 0. The lowest BCUT2D eigenvalue weighted by atomic mass is 10.2. The molecule has 15 heavy (non-hydrogen) atoms. The fourth-order valence-electron chi connectivity index (χ4n) is 1.22. The van der Waals surface area contributed by atoms with Crippen molar-refractivity contribution in [1.29, 1.82) is 0 Å². The number of hydrogen-bond donors (Lipinski definition) is 1. The zero-order chi connectivity index (χ0) is 10.8. The van der Waals surface area contributed by atoms with E-state index in [0.717, 1.165) is 0 Å². The second kappa shape index (κ2) is 3.82. The molecule has 76 valence electrons. The van der Waals surface area contributed by atoms with Crippen LogP contribution in [0.15, 0.2) is 24.3 Å². The SMILES string of the molecule is O=Cc1nc(-c2ccccc2F)[nH]c1Cl. The standard InChI is InChI=1S/C10H6ClFN2O/c11-9-8(5-15)13-10(14-9)6-3-1-2-4-7(6)12/h1-5H,(H,13,14). The van der Waals surface area contributed by atoms with Gasteiger partial charge in [-0.3, -0.25) is 4.79 Å². The van der Waals surface area contributed by atoms with Crippen LogP contribution in [0.4, 0.5) is 4.39 Å². The third-order valence-corrected chi connectivity index (χ3v) is 2.21. The van der Waals surface area contributed by atoms with Gasteiger partial charge in [-0.05, 0) is 12.1 Å². The quantitative estimate of drug-likeness (QED) is 0.798. The van der Waals surface area contributed by atoms with Gasteiger partial charge < -0.3 is 4.98 Å². The van der Waals surface area contributed by atoms with Gasteiger partial charge in [-0.25, -0.2) is 9.37 Å². The van der Waals surface area contributed by atoms with Crippen LogP contribution in [0.3, 0.4) is 0 Å². The van der Waals surface area contributed by atoms with Gasteiger partial charge in [-0.2, -0.15) is 0 Å². The van der Waals surface area contributed by atoms with Crippen molar-refractivity contribution in [3.8, 4) is 11.4 Å². The molecule has 2 aromatic rings. The Bertz CT molecular complexity index is 510. The summed E-state index contributed by atoms with van der Waals surface area (Å²) in [4.78, 5) is 17.0. The minimum Gasteiger partial charge on any atom is -0.328 e. The maximum Gasteiger partial charge on any atom is 0.171 e. The molecule has 0 unspecified atom stereocenters. The van der Waals surface area contributed by atoms with Crippen LogP contribution in [-0.2, 0) is 0 Å². The summed E-state index contributed by atoms with van der Waals surface area (Å²) in [7, 11) is 0. The van der Waals surface area contributed by atoms with Gasteiger partial charge in [0.1, 0.15) is 22.5 Å². The van der Waals surface area contributed by atoms with Crippen LogP contribution >= 0.6 is 11.6 Å². The van der Waals surface area contributed by atoms with E-state index in [1.807, 2.05) is 0 Å². The highest BCUT2D eigenvalue weighted by Gasteiger charge is 2.11. The monoisotopic (exact) mass is 224 g/mol. The lowest BCUT2D eigenvalue weighted by Crippen LogP contribution is -1.86. The van der Waals surface area contributed by atoms with Crippen LogP contribution < -0.4 is 0 Å². The Labute approximate surface area is 89.9 Å². The molecule has 0 saturated heterocycles. The molecule has 1 aromatic carbocycles. The molecule has 0 atom stereocenters. The smallest absolute Gasteiger partial charge is 0.171 e. The van der Waals surface area contributed by atoms with E-state index in [1.165, 1.54) is 6.07 Å². The number of halogens is 2. The molecule has 0 fully saturated rings. The predicted molar refractivity (Wildman–Crippen MR) is 54.4 cm³/mol. The molecule has 0 radical (unpaired) electrons. The molecule has 2 rings (SSSR count). The van der Waals surface area contributed by atoms with E-state index in [1.54, 1.807) is 18.2 Å². The van der Waals surface area contributed by atoms with Gasteiger partial charge in [-0.15, -0.1) is 0 Å². The fraction of sp³-hybridized carbons (Fsp3) is 0. The normalized spacial score (nSPS) is 10.3. The Morgan fingerprint density at radius 1 is 1.40 bits per heavy atom. The van der Waals surface area contributed by atoms with E-state index >= 15 is 0 Å². The van der Waals surface area contributed by atoms with E-state index in [9.17, 15) is 9.18 Å². The Kier molecular flexibility index (Phi) is 2.51. The maximum absolute atomic E-state index is 13.3. The molecule has 0 aliphatic heterocycles. The minimum atomic E-state index is -0.416. The Morgan fingerprint density at radius 2 is 2.13 bits per heavy atom. The first-order valence-electron chi connectivity index (χ1n) is 4.18. The molecule has 0 bridgehead atoms. The highest BCUT2D eigenvalue weighted by atomic mass is 35.5. The summed E-state index contributed by atoms with van der Waals surface area (Å²) in [5.74, 6) is -0.166. The summed E-state index contributed by atoms with van der Waals surface area (Å²) >= 11 is 5.68. The van der Waals surface area contributed by atoms with E-state index < -0.39 is 5.82 Å². The van der Waals surface area contributed by atoms with E-state index in [2.05, 4.69) is 9.97 Å². The summed E-state index contributed by atoms with van der Waals surface area (Å²) in [6, 6.07) is 6.12. The van der Waals surface area contributed by atoms with Crippen molar-refractivity contribution >= 4 is 17.9 Å². The number of H-pyrrole nitrogens is 1. The summed E-state index contributed by atoms with van der Waals surface area (Å²) in [5.41, 5.74) is 0.363. The van der Waals surface area contributed by atoms with Crippen molar-refractivity contribution in [2.24, 2.45) is 0 Å². The van der Waals surface area contributed by atoms with Crippen LogP contribution in [0.5, 0.6) is 0 Å². The number of carbonyl (C=O) groups is 1. The maximum atomic E-state index is 13.3. The van der Waals surface area contributed by atoms with Crippen molar-refractivity contribution in [2.75, 3.05) is 0 Å². The molecule has 0 saturated carbocycles. The molecular weight excluding hydrogens is 219 g/mol. The first-order valence-corrected chi connectivity index (χ1v) is 4.55. The highest BCUT2D eigenvalue weighted by Crippen LogP contribution is 2.22. The van der Waals surface area contributed by atoms with Crippen LogP contribution in [0.25, 0.3) is 11.4 Å². The van der Waals surface area contributed by atoms with Crippen molar-refractivity contribution in [2.45, 2.75) is 0 Å². The average molecular weight is 225 g/mol. The third kappa shape index (κ3) is 1.76. The molecular formula is C10H6ClFN2O. The Morgan fingerprint density at radius 3 is 2.73 bits per heavy atom. The number of rotatable bonds is 2. The topological polar surface area (TPSA) is 45.8 Å². The van der Waals surface area contributed by atoms with E-state index in [4.69, 9.17) is 11.6 Å². The second-order valence-corrected chi connectivity index (χ2v) is 3.26. The van der Waals surface area contributed by atoms with Crippen molar-refractivity contribution in [3.63, 3.8) is 0 Å². The average Bonchev–Trinajstić information content (AvgIpc) is 2.60. The van der Waals surface area contributed by atoms with Gasteiger partial charge in [0.15, 0.2) is 6.29 Å². The van der Waals surface area contributed by atoms with E-state index in [0.29, 0.717) is 6.29 Å². The first kappa shape index (κ1) is 9.86. The fourth-order valence-corrected chi connectivity index (χ4v) is 1.40. The van der Waals surface area contributed by atoms with Gasteiger partial charge in [0.2, 0.25) is 0 Å². The van der Waals surface area contributed by atoms with Gasteiger partial charge >= 0.3 is 0 Å². The number of imidazole rings is 1. The van der Waals surface area contributed by atoms with Gasteiger partial charge in [0.05, 0.1) is 5.56 Å². The molecule has 1 aromatic heterocycles. The molecule has 5 heteroatoms. The number of hydrogen-bond acceptors (Lipinski definition) is 2. The number of aldehydes is 1. The largest absolute Gasteiger partial charge is 0.328 e. The second-order valence-electron chi connectivity index (χ2n) is 2.88. The third-order valence-electron chi connectivity index (χ3n) is 1.93. The van der Waals surface area contributed by atoms with Crippen molar-refractivity contribution < 1.29 is 9.18 Å². The predicted octanol–water partition coefficient (Wildman–Crippen LogP) is 2.68. The van der Waals surface area contributed by atoms with Crippen LogP contribution in [-0.4, -0.2) is 16.3 Å². The Hall–Kier alpha value is -1.68. The zero-order valence-corrected chi connectivity index (χ0v) is 8.25. The van der Waals surface area contributed by atoms with Crippen LogP contribution in [0.1, 0.15) is 10.5 Å². The number of nitrogens with zero attached hydrogens (tertiary/aromatic N) is 1. The van der Waals surface area contributed by atoms with Gasteiger partial charge in [-0.1, -0.05) is 23.7 Å². The lowest BCUT2D eigenvalue weighted by molar-refractivity contribution is 0.111. The number of benzene rings is 1. The van der Waals surface area contributed by atoms with Gasteiger partial charge in [0.25, 0.3) is 0 Å². The molecule has 1 N–H and O–H groups in total. The van der Waals surface area contributed by atoms with Crippen molar-refractivity contribution in [1.82, 2.24) is 9.97 Å².